The minimum atomic E-state index is -0.635. The van der Waals surface area contributed by atoms with Gasteiger partial charge < -0.3 is 15.0 Å². The van der Waals surface area contributed by atoms with Crippen LogP contribution in [-0.2, 0) is 5.41 Å². The van der Waals surface area contributed by atoms with Crippen molar-refractivity contribution in [3.05, 3.63) is 64.6 Å². The molecule has 0 aliphatic carbocycles. The molecule has 0 spiro atoms. The van der Waals surface area contributed by atoms with Crippen molar-refractivity contribution in [3.63, 3.8) is 0 Å². The van der Waals surface area contributed by atoms with Crippen LogP contribution in [0.3, 0.4) is 0 Å². The first-order chi connectivity index (χ1) is 12.3. The highest BCUT2D eigenvalue weighted by molar-refractivity contribution is 6.33. The fourth-order valence-electron chi connectivity index (χ4n) is 2.99. The van der Waals surface area contributed by atoms with Crippen molar-refractivity contribution in [2.45, 2.75) is 19.3 Å². The lowest BCUT2D eigenvalue weighted by Gasteiger charge is -2.25. The Morgan fingerprint density at radius 3 is 2.77 bits per heavy atom. The molecule has 2 N–H and O–H groups in total. The average molecular weight is 375 g/mol. The van der Waals surface area contributed by atoms with E-state index in [2.05, 4.69) is 10.3 Å². The molecule has 136 valence electrons. The molecule has 0 aliphatic rings. The maximum absolute atomic E-state index is 13.9. The van der Waals surface area contributed by atoms with E-state index in [-0.39, 0.29) is 10.6 Å². The number of hydrogen-bond acceptors (Lipinski definition) is 2. The van der Waals surface area contributed by atoms with Gasteiger partial charge in [-0.15, -0.1) is 0 Å². The van der Waals surface area contributed by atoms with Gasteiger partial charge in [0.25, 0.3) is 5.91 Å². The predicted molar refractivity (Wildman–Crippen MR) is 102 cm³/mol. The number of amides is 1. The molecule has 1 amide bonds. The fraction of sp³-hybridized carbons (Fsp3) is 0.250. The molecule has 3 rings (SSSR count). The van der Waals surface area contributed by atoms with Crippen LogP contribution < -0.4 is 10.1 Å². The Hall–Kier alpha value is -2.53. The molecule has 3 aromatic rings. The molecule has 0 unspecified atom stereocenters. The van der Waals surface area contributed by atoms with Gasteiger partial charge in [-0.1, -0.05) is 31.5 Å². The first kappa shape index (κ1) is 18.3. The molecular formula is C20H20ClFN2O2. The lowest BCUT2D eigenvalue weighted by atomic mass is 9.84. The second kappa shape index (κ2) is 7.00. The lowest BCUT2D eigenvalue weighted by molar-refractivity contribution is 0.0942. The van der Waals surface area contributed by atoms with E-state index in [1.54, 1.807) is 7.11 Å². The third-order valence-corrected chi connectivity index (χ3v) is 4.81. The van der Waals surface area contributed by atoms with Crippen LogP contribution in [0.25, 0.3) is 10.9 Å². The van der Waals surface area contributed by atoms with E-state index in [9.17, 15) is 9.18 Å². The number of methoxy groups -OCH3 is 1. The summed E-state index contributed by atoms with van der Waals surface area (Å²) in [5.74, 6) is -0.403. The number of aromatic nitrogens is 1. The van der Waals surface area contributed by atoms with E-state index in [4.69, 9.17) is 16.3 Å². The molecule has 0 atom stereocenters. The lowest BCUT2D eigenvalue weighted by Crippen LogP contribution is -2.37. The summed E-state index contributed by atoms with van der Waals surface area (Å²) >= 11 is 5.97. The number of hydrogen-bond donors (Lipinski definition) is 2. The van der Waals surface area contributed by atoms with Crippen molar-refractivity contribution in [1.82, 2.24) is 10.3 Å². The summed E-state index contributed by atoms with van der Waals surface area (Å²) in [4.78, 5) is 15.6. The minimum absolute atomic E-state index is 0.0946. The van der Waals surface area contributed by atoms with Gasteiger partial charge in [0.1, 0.15) is 11.6 Å². The molecule has 0 bridgehead atoms. The first-order valence-corrected chi connectivity index (χ1v) is 8.59. The molecule has 1 heterocycles. The maximum Gasteiger partial charge on any atom is 0.255 e. The average Bonchev–Trinajstić information content (AvgIpc) is 3.03. The van der Waals surface area contributed by atoms with E-state index in [1.165, 1.54) is 18.2 Å². The van der Waals surface area contributed by atoms with Crippen LogP contribution >= 0.6 is 11.6 Å². The van der Waals surface area contributed by atoms with Crippen molar-refractivity contribution >= 4 is 28.4 Å². The monoisotopic (exact) mass is 374 g/mol. The van der Waals surface area contributed by atoms with Gasteiger partial charge in [-0.3, -0.25) is 4.79 Å². The van der Waals surface area contributed by atoms with Crippen LogP contribution in [0.5, 0.6) is 5.75 Å². The molecule has 1 aromatic heterocycles. The number of ether oxygens (including phenoxy) is 1. The number of H-pyrrole nitrogens is 1. The number of aromatic amines is 1. The molecule has 0 radical (unpaired) electrons. The molecule has 6 heteroatoms. The largest absolute Gasteiger partial charge is 0.497 e. The normalized spacial score (nSPS) is 11.6. The highest BCUT2D eigenvalue weighted by Crippen LogP contribution is 2.32. The molecule has 26 heavy (non-hydrogen) atoms. The summed E-state index contributed by atoms with van der Waals surface area (Å²) < 4.78 is 19.2. The summed E-state index contributed by atoms with van der Waals surface area (Å²) in [6, 6.07) is 9.98. The van der Waals surface area contributed by atoms with Crippen LogP contribution in [0.15, 0.2) is 42.6 Å². The van der Waals surface area contributed by atoms with Crippen molar-refractivity contribution in [2.75, 3.05) is 13.7 Å². The number of fused-ring (bicyclic) bond motifs is 1. The SMILES string of the molecule is COc1ccc2[nH]cc(C(C)(C)CNC(=O)c3c(F)cccc3Cl)c2c1. The molecule has 0 fully saturated rings. The quantitative estimate of drug-likeness (QED) is 0.681. The minimum Gasteiger partial charge on any atom is -0.497 e. The van der Waals surface area contributed by atoms with Gasteiger partial charge in [-0.2, -0.15) is 0 Å². The van der Waals surface area contributed by atoms with Crippen molar-refractivity contribution in [2.24, 2.45) is 0 Å². The predicted octanol–water partition coefficient (Wildman–Crippen LogP) is 4.68. The van der Waals surface area contributed by atoms with E-state index < -0.39 is 17.1 Å². The standard InChI is InChI=1S/C20H20ClFN2O2/c1-20(2,11-24-19(25)18-15(21)5-4-6-16(18)22)14-10-23-17-8-7-12(26-3)9-13(14)17/h4-10,23H,11H2,1-3H3,(H,24,25). The van der Waals surface area contributed by atoms with Gasteiger partial charge in [0.15, 0.2) is 0 Å². The van der Waals surface area contributed by atoms with Gasteiger partial charge >= 0.3 is 0 Å². The topological polar surface area (TPSA) is 54.1 Å². The van der Waals surface area contributed by atoms with Gasteiger partial charge in [0, 0.05) is 29.1 Å². The van der Waals surface area contributed by atoms with Crippen LogP contribution in [0.1, 0.15) is 29.8 Å². The van der Waals surface area contributed by atoms with Crippen LogP contribution in [0, 0.1) is 5.82 Å². The first-order valence-electron chi connectivity index (χ1n) is 8.21. The zero-order chi connectivity index (χ0) is 18.9. The van der Waals surface area contributed by atoms with Crippen molar-refractivity contribution in [3.8, 4) is 5.75 Å². The van der Waals surface area contributed by atoms with Gasteiger partial charge in [-0.05, 0) is 35.9 Å². The van der Waals surface area contributed by atoms with E-state index >= 15 is 0 Å². The summed E-state index contributed by atoms with van der Waals surface area (Å²) in [5.41, 5.74) is 1.49. The zero-order valence-electron chi connectivity index (χ0n) is 14.8. The molecule has 0 aliphatic heterocycles. The van der Waals surface area contributed by atoms with E-state index in [0.29, 0.717) is 6.54 Å². The van der Waals surface area contributed by atoms with Crippen LogP contribution in [0.2, 0.25) is 5.02 Å². The number of nitrogens with one attached hydrogen (secondary N) is 2. The van der Waals surface area contributed by atoms with Crippen LogP contribution in [-0.4, -0.2) is 24.5 Å². The summed E-state index contributed by atoms with van der Waals surface area (Å²) in [6.45, 7) is 4.34. The van der Waals surface area contributed by atoms with Gasteiger partial charge in [-0.25, -0.2) is 4.39 Å². The number of carbonyl (C=O) groups excluding carboxylic acids is 1. The Labute approximate surface area is 156 Å². The molecule has 0 saturated carbocycles. The summed E-state index contributed by atoms with van der Waals surface area (Å²) in [6.07, 6.45) is 1.92. The van der Waals surface area contributed by atoms with Crippen LogP contribution in [0.4, 0.5) is 4.39 Å². The Morgan fingerprint density at radius 2 is 2.08 bits per heavy atom. The number of carbonyl (C=O) groups is 1. The van der Waals surface area contributed by atoms with E-state index in [0.717, 1.165) is 22.2 Å². The summed E-state index contributed by atoms with van der Waals surface area (Å²) in [7, 11) is 1.62. The second-order valence-electron chi connectivity index (χ2n) is 6.78. The number of benzene rings is 2. The molecular weight excluding hydrogens is 355 g/mol. The highest BCUT2D eigenvalue weighted by Gasteiger charge is 2.26. The Kier molecular flexibility index (Phi) is 4.92. The highest BCUT2D eigenvalue weighted by atomic mass is 35.5. The third-order valence-electron chi connectivity index (χ3n) is 4.50. The summed E-state index contributed by atoms with van der Waals surface area (Å²) in [5, 5.41) is 3.91. The zero-order valence-corrected chi connectivity index (χ0v) is 15.6. The van der Waals surface area contributed by atoms with Crippen molar-refractivity contribution < 1.29 is 13.9 Å². The third kappa shape index (κ3) is 3.40. The van der Waals surface area contributed by atoms with Crippen molar-refractivity contribution in [1.29, 1.82) is 0 Å². The Morgan fingerprint density at radius 1 is 1.31 bits per heavy atom. The Balaban J connectivity index is 1.84. The number of rotatable bonds is 5. The Bertz CT molecular complexity index is 945. The fourth-order valence-corrected chi connectivity index (χ4v) is 3.24. The molecule has 0 saturated heterocycles. The van der Waals surface area contributed by atoms with Gasteiger partial charge in [0.05, 0.1) is 17.7 Å². The molecule has 2 aromatic carbocycles. The second-order valence-corrected chi connectivity index (χ2v) is 7.18. The van der Waals surface area contributed by atoms with Gasteiger partial charge in [0.2, 0.25) is 0 Å². The molecule has 4 nitrogen and oxygen atoms in total. The van der Waals surface area contributed by atoms with E-state index in [1.807, 2.05) is 38.2 Å². The maximum atomic E-state index is 13.9. The number of halogens is 2. The smallest absolute Gasteiger partial charge is 0.255 e.